The topological polar surface area (TPSA) is 46.3 Å². The van der Waals surface area contributed by atoms with Gasteiger partial charge in [-0.2, -0.15) is 0 Å². The zero-order chi connectivity index (χ0) is 14.3. The molecule has 0 bridgehead atoms. The summed E-state index contributed by atoms with van der Waals surface area (Å²) in [5.74, 6) is 0.0340. The quantitative estimate of drug-likeness (QED) is 0.906. The predicted octanol–water partition coefficient (Wildman–Crippen LogP) is 4.15. The summed E-state index contributed by atoms with van der Waals surface area (Å²) in [7, 11) is 1.88. The average molecular weight is 309 g/mol. The number of nitrogens with two attached hydrogens (primary N) is 1. The lowest BCUT2D eigenvalue weighted by Gasteiger charge is -2.23. The number of hydrogen-bond acceptors (Lipinski definition) is 3. The second-order valence-corrected chi connectivity index (χ2v) is 6.83. The molecule has 0 atom stereocenters. The third kappa shape index (κ3) is 2.27. The van der Waals surface area contributed by atoms with Crippen molar-refractivity contribution in [2.45, 2.75) is 31.7 Å². The molecular formula is C15H17ClN2OS. The van der Waals surface area contributed by atoms with Gasteiger partial charge in [0.25, 0.3) is 5.91 Å². The minimum Gasteiger partial charge on any atom is -0.397 e. The largest absolute Gasteiger partial charge is 0.397 e. The van der Waals surface area contributed by atoms with Gasteiger partial charge in [-0.1, -0.05) is 24.4 Å². The molecule has 0 aliphatic heterocycles. The van der Waals surface area contributed by atoms with E-state index in [1.807, 2.05) is 30.1 Å². The Bertz CT molecular complexity index is 661. The number of nitrogen functional groups attached to an aromatic ring is 1. The smallest absolute Gasteiger partial charge is 0.266 e. The number of rotatable bonds is 2. The monoisotopic (exact) mass is 308 g/mol. The van der Waals surface area contributed by atoms with E-state index in [0.29, 0.717) is 21.6 Å². The first-order chi connectivity index (χ1) is 9.58. The summed E-state index contributed by atoms with van der Waals surface area (Å²) in [6, 6.07) is 5.91. The molecule has 0 radical (unpaired) electrons. The molecule has 1 heterocycles. The van der Waals surface area contributed by atoms with Crippen molar-refractivity contribution in [1.82, 2.24) is 4.90 Å². The van der Waals surface area contributed by atoms with Crippen molar-refractivity contribution in [2.24, 2.45) is 0 Å². The molecule has 3 nitrogen and oxygen atoms in total. The van der Waals surface area contributed by atoms with Crippen LogP contribution in [0.25, 0.3) is 10.1 Å². The fraction of sp³-hybridized carbons (Fsp3) is 0.400. The predicted molar refractivity (Wildman–Crippen MR) is 85.6 cm³/mol. The number of fused-ring (bicyclic) bond motifs is 1. The van der Waals surface area contributed by atoms with Gasteiger partial charge in [0.1, 0.15) is 4.88 Å². The van der Waals surface area contributed by atoms with Gasteiger partial charge in [0.05, 0.1) is 5.69 Å². The summed E-state index contributed by atoms with van der Waals surface area (Å²) in [5, 5.41) is 1.59. The van der Waals surface area contributed by atoms with Crippen molar-refractivity contribution < 1.29 is 4.79 Å². The van der Waals surface area contributed by atoms with Crippen molar-refractivity contribution in [3.8, 4) is 0 Å². The molecule has 1 aromatic heterocycles. The number of hydrogen-bond donors (Lipinski definition) is 1. The minimum atomic E-state index is 0.0340. The van der Waals surface area contributed by atoms with Crippen LogP contribution in [0.4, 0.5) is 5.69 Å². The molecule has 0 spiro atoms. The molecule has 2 aromatic rings. The number of amides is 1. The fourth-order valence-corrected chi connectivity index (χ4v) is 4.25. The van der Waals surface area contributed by atoms with Gasteiger partial charge in [-0.25, -0.2) is 0 Å². The Hall–Kier alpha value is -1.26. The lowest BCUT2D eigenvalue weighted by Crippen LogP contribution is -2.35. The first-order valence-electron chi connectivity index (χ1n) is 6.82. The van der Waals surface area contributed by atoms with Crippen LogP contribution in [0.3, 0.4) is 0 Å². The molecule has 1 fully saturated rings. The molecule has 3 rings (SSSR count). The lowest BCUT2D eigenvalue weighted by atomic mass is 10.2. The van der Waals surface area contributed by atoms with Crippen molar-refractivity contribution in [1.29, 1.82) is 0 Å². The van der Waals surface area contributed by atoms with Crippen LogP contribution in [-0.4, -0.2) is 23.9 Å². The average Bonchev–Trinajstić information content (AvgIpc) is 3.05. The van der Waals surface area contributed by atoms with Crippen LogP contribution < -0.4 is 5.73 Å². The van der Waals surface area contributed by atoms with Crippen LogP contribution in [0.5, 0.6) is 0 Å². The van der Waals surface area contributed by atoms with E-state index in [-0.39, 0.29) is 5.91 Å². The number of benzene rings is 1. The zero-order valence-electron chi connectivity index (χ0n) is 11.4. The third-order valence-electron chi connectivity index (χ3n) is 4.08. The van der Waals surface area contributed by atoms with Crippen molar-refractivity contribution in [2.75, 3.05) is 12.8 Å². The van der Waals surface area contributed by atoms with Crippen LogP contribution in [0.2, 0.25) is 5.02 Å². The molecule has 0 unspecified atom stereocenters. The normalized spacial score (nSPS) is 15.9. The molecule has 1 saturated carbocycles. The Morgan fingerprint density at radius 1 is 1.40 bits per heavy atom. The molecule has 106 valence electrons. The van der Waals surface area contributed by atoms with Gasteiger partial charge in [-0.15, -0.1) is 11.3 Å². The molecule has 1 aromatic carbocycles. The molecule has 2 N–H and O–H groups in total. The summed E-state index contributed by atoms with van der Waals surface area (Å²) < 4.78 is 0.971. The zero-order valence-corrected chi connectivity index (χ0v) is 12.9. The highest BCUT2D eigenvalue weighted by Gasteiger charge is 2.27. The van der Waals surface area contributed by atoms with Crippen LogP contribution in [0, 0.1) is 0 Å². The highest BCUT2D eigenvalue weighted by atomic mass is 35.5. The summed E-state index contributed by atoms with van der Waals surface area (Å²) >= 11 is 7.43. The van der Waals surface area contributed by atoms with Crippen molar-refractivity contribution in [3.05, 3.63) is 28.1 Å². The standard InChI is InChI=1S/C15H17ClN2OS/c1-18(10-4-2-3-5-10)15(19)14-13(17)11-7-6-9(16)8-12(11)20-14/h6-8,10H,2-5,17H2,1H3. The van der Waals surface area contributed by atoms with Crippen molar-refractivity contribution >= 4 is 44.6 Å². The Balaban J connectivity index is 1.96. The first-order valence-corrected chi connectivity index (χ1v) is 8.02. The number of thiophene rings is 1. The van der Waals surface area contributed by atoms with E-state index in [0.717, 1.165) is 22.9 Å². The number of nitrogens with zero attached hydrogens (tertiary/aromatic N) is 1. The highest BCUT2D eigenvalue weighted by Crippen LogP contribution is 2.36. The Morgan fingerprint density at radius 2 is 2.10 bits per heavy atom. The third-order valence-corrected chi connectivity index (χ3v) is 5.47. The van der Waals surface area contributed by atoms with E-state index in [1.54, 1.807) is 0 Å². The second-order valence-electron chi connectivity index (χ2n) is 5.34. The van der Waals surface area contributed by atoms with Crippen LogP contribution in [-0.2, 0) is 0 Å². The summed E-state index contributed by atoms with van der Waals surface area (Å²) in [6.07, 6.45) is 4.61. The van der Waals surface area contributed by atoms with Crippen LogP contribution in [0.15, 0.2) is 18.2 Å². The van der Waals surface area contributed by atoms with Gasteiger partial charge in [0.15, 0.2) is 0 Å². The van der Waals surface area contributed by atoms with Gasteiger partial charge < -0.3 is 10.6 Å². The van der Waals surface area contributed by atoms with Crippen LogP contribution in [0.1, 0.15) is 35.4 Å². The van der Waals surface area contributed by atoms with E-state index in [2.05, 4.69) is 0 Å². The maximum atomic E-state index is 12.6. The first kappa shape index (κ1) is 13.7. The van der Waals surface area contributed by atoms with Gasteiger partial charge >= 0.3 is 0 Å². The van der Waals surface area contributed by atoms with Gasteiger partial charge in [0.2, 0.25) is 0 Å². The number of halogens is 1. The summed E-state index contributed by atoms with van der Waals surface area (Å²) in [5.41, 5.74) is 6.73. The van der Waals surface area contributed by atoms with Crippen molar-refractivity contribution in [3.63, 3.8) is 0 Å². The number of anilines is 1. The van der Waals surface area contributed by atoms with E-state index in [4.69, 9.17) is 17.3 Å². The van der Waals surface area contributed by atoms with E-state index >= 15 is 0 Å². The number of carbonyl (C=O) groups is 1. The van der Waals surface area contributed by atoms with E-state index in [1.165, 1.54) is 24.2 Å². The molecule has 5 heteroatoms. The highest BCUT2D eigenvalue weighted by molar-refractivity contribution is 7.21. The summed E-state index contributed by atoms with van der Waals surface area (Å²) in [6.45, 7) is 0. The summed E-state index contributed by atoms with van der Waals surface area (Å²) in [4.78, 5) is 15.1. The number of carbonyl (C=O) groups excluding carboxylic acids is 1. The Kier molecular flexibility index (Phi) is 3.61. The van der Waals surface area contributed by atoms with Gasteiger partial charge in [0, 0.05) is 28.2 Å². The lowest BCUT2D eigenvalue weighted by molar-refractivity contribution is 0.0741. The SMILES string of the molecule is CN(C(=O)c1sc2cc(Cl)ccc2c1N)C1CCCC1. The van der Waals surface area contributed by atoms with Gasteiger partial charge in [-0.05, 0) is 31.0 Å². The molecule has 1 aliphatic rings. The maximum Gasteiger partial charge on any atom is 0.266 e. The minimum absolute atomic E-state index is 0.0340. The Morgan fingerprint density at radius 3 is 2.80 bits per heavy atom. The van der Waals surface area contributed by atoms with E-state index < -0.39 is 0 Å². The molecule has 0 saturated heterocycles. The van der Waals surface area contributed by atoms with Crippen LogP contribution >= 0.6 is 22.9 Å². The molecule has 1 aliphatic carbocycles. The molecule has 20 heavy (non-hydrogen) atoms. The van der Waals surface area contributed by atoms with Gasteiger partial charge in [-0.3, -0.25) is 4.79 Å². The molecule has 1 amide bonds. The maximum absolute atomic E-state index is 12.6. The Labute approximate surface area is 127 Å². The molecular weight excluding hydrogens is 292 g/mol. The fourth-order valence-electron chi connectivity index (χ4n) is 2.87. The second kappa shape index (κ2) is 5.26. The van der Waals surface area contributed by atoms with E-state index in [9.17, 15) is 4.79 Å².